The van der Waals surface area contributed by atoms with Crippen molar-refractivity contribution in [2.45, 2.75) is 186 Å². The Bertz CT molecular complexity index is 2890. The minimum Gasteiger partial charge on any atom is -0.0622 e. The number of para-hydroxylation sites is 4. The Hall–Kier alpha value is -5.30. The summed E-state index contributed by atoms with van der Waals surface area (Å²) in [4.78, 5) is 15.6. The Balaban J connectivity index is 0.00000105. The van der Waals surface area contributed by atoms with E-state index in [0.29, 0.717) is 0 Å². The van der Waals surface area contributed by atoms with Gasteiger partial charge in [0.2, 0.25) is 0 Å². The smallest absolute Gasteiger partial charge is 0.0398 e. The van der Waals surface area contributed by atoms with Gasteiger partial charge in [-0.3, -0.25) is 0 Å². The van der Waals surface area contributed by atoms with Gasteiger partial charge in [-0.15, -0.1) is 0 Å². The van der Waals surface area contributed by atoms with E-state index in [2.05, 4.69) is 253 Å². The molecule has 3 aliphatic heterocycles. The molecular weight excluding hydrogens is 941 g/mol. The summed E-state index contributed by atoms with van der Waals surface area (Å²) in [7, 11) is -10.1. The molecule has 1 N–H and O–H groups in total. The van der Waals surface area contributed by atoms with Crippen molar-refractivity contribution in [2.24, 2.45) is 0 Å². The number of hydrogen-bond acceptors (Lipinski definition) is 6. The zero-order valence-corrected chi connectivity index (χ0v) is 50.8. The minimum absolute atomic E-state index is 0.130. The van der Waals surface area contributed by atoms with Crippen molar-refractivity contribution in [1.82, 2.24) is 0 Å². The van der Waals surface area contributed by atoms with Crippen molar-refractivity contribution in [3.8, 4) is 0 Å². The largest absolute Gasteiger partial charge is 0.0622 e. The van der Waals surface area contributed by atoms with Gasteiger partial charge in [-0.05, 0) is 6.92 Å². The maximum atomic E-state index is 15.6. The predicted octanol–water partition coefficient (Wildman–Crippen LogP) is 18.0. The summed E-state index contributed by atoms with van der Waals surface area (Å²) in [5, 5.41) is 0. The molecule has 9 heteroatoms. The van der Waals surface area contributed by atoms with E-state index in [1.807, 2.05) is 18.2 Å². The number of anilines is 3. The molecular formula is C65H90N4O3Si2. The van der Waals surface area contributed by atoms with Gasteiger partial charge in [-0.1, -0.05) is 35.9 Å². The van der Waals surface area contributed by atoms with Gasteiger partial charge in [0.05, 0.1) is 0 Å². The van der Waals surface area contributed by atoms with Crippen molar-refractivity contribution < 1.29 is 17.3 Å². The summed E-state index contributed by atoms with van der Waals surface area (Å²) in [6.07, 6.45) is 4.44. The van der Waals surface area contributed by atoms with E-state index in [1.165, 1.54) is 27.8 Å². The van der Waals surface area contributed by atoms with E-state index in [-0.39, 0.29) is 47.3 Å². The molecule has 0 aliphatic carbocycles. The zero-order chi connectivity index (χ0) is 54.5. The second-order valence-electron chi connectivity index (χ2n) is 23.8. The first-order valence-electron chi connectivity index (χ1n) is 27.7. The third kappa shape index (κ3) is 9.65. The van der Waals surface area contributed by atoms with Crippen molar-refractivity contribution in [3.05, 3.63) is 189 Å². The summed E-state index contributed by atoms with van der Waals surface area (Å²) in [6, 6.07) is 37.0. The van der Waals surface area contributed by atoms with Crippen LogP contribution in [0, 0.1) is 6.92 Å². The van der Waals surface area contributed by atoms with Crippen LogP contribution in [0.2, 0.25) is 0 Å². The molecule has 8 rings (SSSR count). The van der Waals surface area contributed by atoms with Crippen LogP contribution in [0.3, 0.4) is 0 Å². The topological polar surface area (TPSA) is 51.4 Å². The van der Waals surface area contributed by atoms with Crippen LogP contribution >= 0.6 is 0 Å². The Labute approximate surface area is 449 Å². The first-order valence-corrected chi connectivity index (χ1v) is 31.5. The summed E-state index contributed by atoms with van der Waals surface area (Å²) in [5.74, 6) is 1.21. The number of hydrogen-bond donors (Lipinski definition) is 1. The van der Waals surface area contributed by atoms with Crippen molar-refractivity contribution >= 4 is 45.8 Å². The van der Waals surface area contributed by atoms with E-state index in [9.17, 15) is 0 Å². The maximum absolute atomic E-state index is 15.6. The zero-order valence-electron chi connectivity index (χ0n) is 48.8. The molecule has 0 atom stereocenters. The van der Waals surface area contributed by atoms with Crippen LogP contribution in [0.5, 0.6) is 0 Å². The first kappa shape index (κ1) is 56.4. The second kappa shape index (κ2) is 21.4. The number of allylic oxidation sites excluding steroid dienone is 4. The fourth-order valence-electron chi connectivity index (χ4n) is 11.8. The molecule has 0 unspecified atom stereocenters. The molecule has 1 saturated heterocycles. The molecule has 0 bridgehead atoms. The van der Waals surface area contributed by atoms with Crippen LogP contribution in [0.15, 0.2) is 139 Å². The minimum atomic E-state index is -5.85. The van der Waals surface area contributed by atoms with E-state index in [4.69, 9.17) is 14.8 Å². The van der Waals surface area contributed by atoms with Gasteiger partial charge in [0.25, 0.3) is 0 Å². The van der Waals surface area contributed by atoms with Gasteiger partial charge in [0.15, 0.2) is 0 Å². The Morgan fingerprint density at radius 2 is 0.770 bits per heavy atom. The molecule has 0 amide bonds. The van der Waals surface area contributed by atoms with Crippen LogP contribution in [-0.4, -0.2) is 32.0 Å². The van der Waals surface area contributed by atoms with Gasteiger partial charge in [0.1, 0.15) is 0 Å². The van der Waals surface area contributed by atoms with Crippen LogP contribution < -0.4 is 13.7 Å². The molecule has 5 aromatic carbocycles. The molecule has 5 aromatic rings. The Kier molecular flexibility index (Phi) is 16.3. The quantitative estimate of drug-likeness (QED) is 0.126. The molecule has 3 aliphatic rings. The average Bonchev–Trinajstić information content (AvgIpc) is 3.30. The third-order valence-corrected chi connectivity index (χ3v) is 25.2. The molecule has 74 heavy (non-hydrogen) atoms. The number of nitrogens with zero attached hydrogens (tertiary/aromatic N) is 4. The van der Waals surface area contributed by atoms with Crippen molar-refractivity contribution in [1.29, 1.82) is 0 Å². The summed E-state index contributed by atoms with van der Waals surface area (Å²) < 4.78 is 26.3. The van der Waals surface area contributed by atoms with E-state index in [0.717, 1.165) is 67.8 Å². The van der Waals surface area contributed by atoms with Crippen LogP contribution in [-0.2, 0) is 8.23 Å². The third-order valence-electron chi connectivity index (χ3n) is 15.3. The number of benzene rings is 5. The van der Waals surface area contributed by atoms with Gasteiger partial charge in [-0.25, -0.2) is 0 Å². The molecule has 7 nitrogen and oxygen atoms in total. The fourth-order valence-corrected chi connectivity index (χ4v) is 23.5. The van der Waals surface area contributed by atoms with Gasteiger partial charge in [-0.2, -0.15) is 0 Å². The summed E-state index contributed by atoms with van der Waals surface area (Å²) >= 11 is 0. The summed E-state index contributed by atoms with van der Waals surface area (Å²) in [6.45, 7) is 49.6. The normalized spacial score (nSPS) is 19.1. The van der Waals surface area contributed by atoms with Crippen LogP contribution in [0.25, 0.3) is 0 Å². The number of rotatable bonds is 12. The first-order chi connectivity index (χ1) is 34.7. The monoisotopic (exact) mass is 1030 g/mol. The van der Waals surface area contributed by atoms with Crippen molar-refractivity contribution in [3.63, 3.8) is 0 Å². The van der Waals surface area contributed by atoms with Crippen LogP contribution in [0.1, 0.15) is 229 Å². The average molecular weight is 1030 g/mol. The molecule has 3 heterocycles. The van der Waals surface area contributed by atoms with Crippen LogP contribution in [0.4, 0.5) is 22.7 Å². The molecule has 0 saturated carbocycles. The van der Waals surface area contributed by atoms with Gasteiger partial charge >= 0.3 is 409 Å². The Morgan fingerprint density at radius 1 is 0.432 bits per heavy atom. The van der Waals surface area contributed by atoms with Gasteiger partial charge < -0.3 is 0 Å². The van der Waals surface area contributed by atoms with Crippen molar-refractivity contribution in [2.75, 3.05) is 13.7 Å². The number of aryl methyl sites for hydroxylation is 1. The van der Waals surface area contributed by atoms with E-state index >= 15 is 4.80 Å². The molecule has 0 radical (unpaired) electrons. The molecule has 1 fully saturated rings. The molecule has 396 valence electrons. The SMILES string of the molecule is C=C1C=C(C)N(c2c(C(C)C)cccc2C(C)C)[Si]2(O[Si-]3(O)(O2)N(c2c(C(C)C)cccc2C(C)C)C(C)=CC(C)=[N+]3c2c(C(C)C)cccc2C(C)C)N1c1c(C(C)C)cccc1C(C)C.Cc1ccccc1. The predicted molar refractivity (Wildman–Crippen MR) is 320 cm³/mol. The van der Waals surface area contributed by atoms with Gasteiger partial charge in [0, 0.05) is 0 Å². The van der Waals surface area contributed by atoms with E-state index in [1.54, 1.807) is 0 Å². The standard InChI is InChI=1S/C58H82N4O3Si2.C7H8/c1-35(2)47-25-21-26-48(36(3)4)55(47)59-43(17)33-44(18)60(56-49(37(5)6)27-22-28-50(56)38(7)8)66(59)64-67(63,65-66)61(57-51(39(9)10)29-23-30-52(57)40(11)12)45(19)34-46(20)62(67)58-53(41(13)14)31-24-32-54(58)42(15)16;1-7-5-3-2-4-6-7/h21-42,63H,17H2,1-16,18-20H3;2-6H,1H3. The molecule has 0 aromatic heterocycles. The van der Waals surface area contributed by atoms with E-state index < -0.39 is 17.3 Å². The maximum Gasteiger partial charge on any atom is -0.0398 e. The second-order valence-corrected chi connectivity index (χ2v) is 30.1. The summed E-state index contributed by atoms with van der Waals surface area (Å²) in [5.41, 5.74) is 18.2. The Morgan fingerprint density at radius 3 is 1.11 bits per heavy atom. The fraction of sp³-hybridized carbons (Fsp3) is 0.431. The molecule has 2 spiro atoms.